The molecule has 5 nitrogen and oxygen atoms in total. The Morgan fingerprint density at radius 2 is 1.95 bits per heavy atom. The largest absolute Gasteiger partial charge is 0.497 e. The van der Waals surface area contributed by atoms with Crippen molar-refractivity contribution >= 4 is 11.6 Å². The van der Waals surface area contributed by atoms with Crippen LogP contribution in [-0.4, -0.2) is 57.8 Å². The quantitative estimate of drug-likeness (QED) is 0.813. The van der Waals surface area contributed by atoms with Gasteiger partial charge in [-0.2, -0.15) is 0 Å². The molecular formula is C14H20N2O3. The van der Waals surface area contributed by atoms with Crippen molar-refractivity contribution in [2.45, 2.75) is 0 Å². The third kappa shape index (κ3) is 3.38. The van der Waals surface area contributed by atoms with E-state index in [0.717, 1.165) is 37.6 Å². The standard InChI is InChI=1S/C14H20N2O3/c1-18-11-14(17)16-8-6-15(7-9-16)12-4-3-5-13(10-12)19-2/h3-5,10H,6-9,11H2,1-2H3. The van der Waals surface area contributed by atoms with Crippen LogP contribution in [0.2, 0.25) is 0 Å². The minimum atomic E-state index is 0.0628. The van der Waals surface area contributed by atoms with E-state index >= 15 is 0 Å². The maximum Gasteiger partial charge on any atom is 0.248 e. The average Bonchev–Trinajstić information content (AvgIpc) is 2.48. The van der Waals surface area contributed by atoms with Gasteiger partial charge in [-0.1, -0.05) is 6.07 Å². The van der Waals surface area contributed by atoms with E-state index in [9.17, 15) is 4.79 Å². The molecule has 0 atom stereocenters. The summed E-state index contributed by atoms with van der Waals surface area (Å²) in [5, 5.41) is 0. The molecule has 0 aromatic heterocycles. The number of benzene rings is 1. The molecule has 1 aromatic rings. The summed E-state index contributed by atoms with van der Waals surface area (Å²) in [4.78, 5) is 15.8. The van der Waals surface area contributed by atoms with Gasteiger partial charge < -0.3 is 19.3 Å². The summed E-state index contributed by atoms with van der Waals surface area (Å²) in [5.74, 6) is 0.920. The Hall–Kier alpha value is -1.75. The zero-order valence-corrected chi connectivity index (χ0v) is 11.5. The Morgan fingerprint density at radius 1 is 1.21 bits per heavy atom. The fourth-order valence-corrected chi connectivity index (χ4v) is 2.24. The third-order valence-electron chi connectivity index (χ3n) is 3.32. The molecule has 104 valence electrons. The minimum absolute atomic E-state index is 0.0628. The molecule has 1 aromatic carbocycles. The molecule has 19 heavy (non-hydrogen) atoms. The Balaban J connectivity index is 1.94. The molecule has 1 amide bonds. The highest BCUT2D eigenvalue weighted by Gasteiger charge is 2.21. The first kappa shape index (κ1) is 13.7. The molecular weight excluding hydrogens is 244 g/mol. The molecule has 0 bridgehead atoms. The van der Waals surface area contributed by atoms with Gasteiger partial charge in [0.15, 0.2) is 0 Å². The van der Waals surface area contributed by atoms with Gasteiger partial charge >= 0.3 is 0 Å². The molecule has 1 fully saturated rings. The normalized spacial score (nSPS) is 15.5. The lowest BCUT2D eigenvalue weighted by Gasteiger charge is -2.36. The number of amides is 1. The number of hydrogen-bond donors (Lipinski definition) is 0. The number of anilines is 1. The number of methoxy groups -OCH3 is 2. The van der Waals surface area contributed by atoms with Gasteiger partial charge in [0.25, 0.3) is 0 Å². The lowest BCUT2D eigenvalue weighted by atomic mass is 10.2. The SMILES string of the molecule is COCC(=O)N1CCN(c2cccc(OC)c2)CC1. The molecule has 1 saturated heterocycles. The second kappa shape index (κ2) is 6.43. The fraction of sp³-hybridized carbons (Fsp3) is 0.500. The highest BCUT2D eigenvalue weighted by Crippen LogP contribution is 2.22. The Bertz CT molecular complexity index is 428. The van der Waals surface area contributed by atoms with Crippen LogP contribution in [0.3, 0.4) is 0 Å². The van der Waals surface area contributed by atoms with Crippen LogP contribution >= 0.6 is 0 Å². The molecule has 0 aliphatic carbocycles. The first-order valence-electron chi connectivity index (χ1n) is 6.40. The number of rotatable bonds is 4. The molecule has 1 aliphatic heterocycles. The van der Waals surface area contributed by atoms with Gasteiger partial charge in [0, 0.05) is 45.0 Å². The van der Waals surface area contributed by atoms with Crippen molar-refractivity contribution in [2.24, 2.45) is 0 Å². The van der Waals surface area contributed by atoms with Crippen molar-refractivity contribution < 1.29 is 14.3 Å². The van der Waals surface area contributed by atoms with Gasteiger partial charge in [0.2, 0.25) is 5.91 Å². The summed E-state index contributed by atoms with van der Waals surface area (Å²) >= 11 is 0. The van der Waals surface area contributed by atoms with E-state index in [4.69, 9.17) is 9.47 Å². The summed E-state index contributed by atoms with van der Waals surface area (Å²) in [5.41, 5.74) is 1.14. The van der Waals surface area contributed by atoms with E-state index in [2.05, 4.69) is 11.0 Å². The van der Waals surface area contributed by atoms with Gasteiger partial charge in [-0.05, 0) is 12.1 Å². The zero-order chi connectivity index (χ0) is 13.7. The van der Waals surface area contributed by atoms with Crippen LogP contribution in [-0.2, 0) is 9.53 Å². The number of carbonyl (C=O) groups excluding carboxylic acids is 1. The monoisotopic (exact) mass is 264 g/mol. The molecule has 0 unspecified atom stereocenters. The van der Waals surface area contributed by atoms with Gasteiger partial charge in [0.05, 0.1) is 7.11 Å². The highest BCUT2D eigenvalue weighted by atomic mass is 16.5. The smallest absolute Gasteiger partial charge is 0.248 e. The summed E-state index contributed by atoms with van der Waals surface area (Å²) in [6.45, 7) is 3.31. The molecule has 2 rings (SSSR count). The van der Waals surface area contributed by atoms with Crippen molar-refractivity contribution in [2.75, 3.05) is 51.9 Å². The summed E-state index contributed by atoms with van der Waals surface area (Å²) in [7, 11) is 3.21. The zero-order valence-electron chi connectivity index (χ0n) is 11.5. The van der Waals surface area contributed by atoms with Crippen LogP contribution in [0.4, 0.5) is 5.69 Å². The topological polar surface area (TPSA) is 42.0 Å². The van der Waals surface area contributed by atoms with Crippen molar-refractivity contribution in [3.8, 4) is 5.75 Å². The van der Waals surface area contributed by atoms with Crippen LogP contribution in [0.1, 0.15) is 0 Å². The van der Waals surface area contributed by atoms with E-state index in [1.165, 1.54) is 0 Å². The van der Waals surface area contributed by atoms with Crippen molar-refractivity contribution in [1.29, 1.82) is 0 Å². The molecule has 1 heterocycles. The summed E-state index contributed by atoms with van der Waals surface area (Å²) in [6.07, 6.45) is 0. The molecule has 5 heteroatoms. The minimum Gasteiger partial charge on any atom is -0.497 e. The van der Waals surface area contributed by atoms with Crippen LogP contribution in [0.5, 0.6) is 5.75 Å². The van der Waals surface area contributed by atoms with Crippen molar-refractivity contribution in [3.05, 3.63) is 24.3 Å². The molecule has 0 radical (unpaired) electrons. The average molecular weight is 264 g/mol. The van der Waals surface area contributed by atoms with Crippen LogP contribution in [0.25, 0.3) is 0 Å². The van der Waals surface area contributed by atoms with Crippen LogP contribution < -0.4 is 9.64 Å². The summed E-state index contributed by atoms with van der Waals surface area (Å²) < 4.78 is 10.1. The van der Waals surface area contributed by atoms with E-state index in [0.29, 0.717) is 0 Å². The van der Waals surface area contributed by atoms with Gasteiger partial charge in [-0.15, -0.1) is 0 Å². The number of ether oxygens (including phenoxy) is 2. The number of nitrogens with zero attached hydrogens (tertiary/aromatic N) is 2. The van der Waals surface area contributed by atoms with Crippen molar-refractivity contribution in [1.82, 2.24) is 4.90 Å². The van der Waals surface area contributed by atoms with E-state index < -0.39 is 0 Å². The van der Waals surface area contributed by atoms with E-state index in [1.807, 2.05) is 23.1 Å². The maximum atomic E-state index is 11.7. The van der Waals surface area contributed by atoms with Crippen LogP contribution in [0, 0.1) is 0 Å². The lowest BCUT2D eigenvalue weighted by Crippen LogP contribution is -2.49. The lowest BCUT2D eigenvalue weighted by molar-refractivity contribution is -0.135. The highest BCUT2D eigenvalue weighted by molar-refractivity contribution is 5.77. The second-order valence-electron chi connectivity index (χ2n) is 4.50. The van der Waals surface area contributed by atoms with Gasteiger partial charge in [-0.25, -0.2) is 0 Å². The van der Waals surface area contributed by atoms with Crippen LogP contribution in [0.15, 0.2) is 24.3 Å². The molecule has 0 saturated carbocycles. The van der Waals surface area contributed by atoms with Gasteiger partial charge in [-0.3, -0.25) is 4.79 Å². The van der Waals surface area contributed by atoms with Gasteiger partial charge in [0.1, 0.15) is 12.4 Å². The molecule has 0 spiro atoms. The number of hydrogen-bond acceptors (Lipinski definition) is 4. The fourth-order valence-electron chi connectivity index (χ4n) is 2.24. The van der Waals surface area contributed by atoms with E-state index in [-0.39, 0.29) is 12.5 Å². The second-order valence-corrected chi connectivity index (χ2v) is 4.50. The Kier molecular flexibility index (Phi) is 4.63. The molecule has 0 N–H and O–H groups in total. The predicted octanol–water partition coefficient (Wildman–Crippen LogP) is 0.990. The Labute approximate surface area is 113 Å². The first-order valence-corrected chi connectivity index (χ1v) is 6.40. The Morgan fingerprint density at radius 3 is 2.58 bits per heavy atom. The van der Waals surface area contributed by atoms with Crippen molar-refractivity contribution in [3.63, 3.8) is 0 Å². The number of piperazine rings is 1. The predicted molar refractivity (Wildman–Crippen MR) is 73.7 cm³/mol. The molecule has 1 aliphatic rings. The third-order valence-corrected chi connectivity index (χ3v) is 3.32. The summed E-state index contributed by atoms with van der Waals surface area (Å²) in [6, 6.07) is 8.00. The van der Waals surface area contributed by atoms with E-state index in [1.54, 1.807) is 14.2 Å². The first-order chi connectivity index (χ1) is 9.24. The number of carbonyl (C=O) groups is 1. The maximum absolute atomic E-state index is 11.7.